The summed E-state index contributed by atoms with van der Waals surface area (Å²) in [6, 6.07) is 2.54. The van der Waals surface area contributed by atoms with Gasteiger partial charge in [0.25, 0.3) is 0 Å². The second-order valence-electron chi connectivity index (χ2n) is 5.86. The Hall–Kier alpha value is -1.40. The van der Waals surface area contributed by atoms with E-state index in [1.165, 1.54) is 12.8 Å². The van der Waals surface area contributed by atoms with E-state index in [-0.39, 0.29) is 6.61 Å². The number of nitrogens with zero attached hydrogens (tertiary/aromatic N) is 4. The van der Waals surface area contributed by atoms with Crippen LogP contribution in [-0.2, 0) is 0 Å². The molecule has 1 aromatic rings. The molecule has 0 bridgehead atoms. The second-order valence-corrected chi connectivity index (χ2v) is 5.86. The predicted molar refractivity (Wildman–Crippen MR) is 80.6 cm³/mol. The Balaban J connectivity index is 1.70. The lowest BCUT2D eigenvalue weighted by molar-refractivity contribution is 0.153. The molecule has 0 saturated carbocycles. The van der Waals surface area contributed by atoms with Crippen LogP contribution in [0.4, 0.5) is 5.95 Å². The van der Waals surface area contributed by atoms with E-state index in [0.717, 1.165) is 38.4 Å². The number of rotatable bonds is 5. The smallest absolute Gasteiger partial charge is 0.228 e. The van der Waals surface area contributed by atoms with Crippen molar-refractivity contribution in [1.29, 1.82) is 0 Å². The van der Waals surface area contributed by atoms with Gasteiger partial charge >= 0.3 is 0 Å². The lowest BCUT2D eigenvalue weighted by atomic mass is 10.2. The maximum atomic E-state index is 9.47. The number of ether oxygens (including phenoxy) is 1. The number of anilines is 1. The third kappa shape index (κ3) is 3.11. The van der Waals surface area contributed by atoms with Crippen LogP contribution >= 0.6 is 0 Å². The molecule has 3 heterocycles. The van der Waals surface area contributed by atoms with Gasteiger partial charge in [-0.2, -0.15) is 4.98 Å². The summed E-state index contributed by atoms with van der Waals surface area (Å²) >= 11 is 0. The molecule has 2 saturated heterocycles. The highest BCUT2D eigenvalue weighted by Crippen LogP contribution is 2.26. The zero-order valence-electron chi connectivity index (χ0n) is 12.6. The summed E-state index contributed by atoms with van der Waals surface area (Å²) in [5.74, 6) is 1.37. The molecule has 116 valence electrons. The molecule has 0 amide bonds. The molecule has 6 nitrogen and oxygen atoms in total. The lowest BCUT2D eigenvalue weighted by Crippen LogP contribution is -2.44. The molecule has 21 heavy (non-hydrogen) atoms. The molecule has 1 aromatic heterocycles. The van der Waals surface area contributed by atoms with Gasteiger partial charge in [0.15, 0.2) is 0 Å². The van der Waals surface area contributed by atoms with Crippen molar-refractivity contribution in [2.24, 2.45) is 0 Å². The summed E-state index contributed by atoms with van der Waals surface area (Å²) in [5, 5.41) is 9.47. The van der Waals surface area contributed by atoms with Gasteiger partial charge in [-0.15, -0.1) is 0 Å². The Bertz CT molecular complexity index is 471. The fraction of sp³-hybridized carbons (Fsp3) is 0.733. The van der Waals surface area contributed by atoms with Crippen LogP contribution in [0.15, 0.2) is 12.3 Å². The fourth-order valence-corrected chi connectivity index (χ4v) is 3.49. The summed E-state index contributed by atoms with van der Waals surface area (Å²) in [6.45, 7) is 3.35. The number of aliphatic hydroxyl groups excluding tert-OH is 1. The van der Waals surface area contributed by atoms with Gasteiger partial charge in [0.05, 0.1) is 13.7 Å². The first-order valence-electron chi connectivity index (χ1n) is 7.80. The van der Waals surface area contributed by atoms with Crippen molar-refractivity contribution in [1.82, 2.24) is 14.9 Å². The largest absolute Gasteiger partial charge is 0.481 e. The molecule has 2 fully saturated rings. The average Bonchev–Trinajstić information content (AvgIpc) is 3.16. The molecular formula is C15H24N4O2. The Labute approximate surface area is 125 Å². The van der Waals surface area contributed by atoms with Crippen LogP contribution in [0, 0.1) is 0 Å². The summed E-state index contributed by atoms with van der Waals surface area (Å²) in [7, 11) is 1.63. The molecule has 0 aromatic carbocycles. The van der Waals surface area contributed by atoms with Gasteiger partial charge in [0.1, 0.15) is 0 Å². The Kier molecular flexibility index (Phi) is 4.55. The Morgan fingerprint density at radius 1 is 1.29 bits per heavy atom. The fourth-order valence-electron chi connectivity index (χ4n) is 3.49. The zero-order valence-corrected chi connectivity index (χ0v) is 12.6. The van der Waals surface area contributed by atoms with Crippen molar-refractivity contribution < 1.29 is 9.84 Å². The Morgan fingerprint density at radius 2 is 2.10 bits per heavy atom. The van der Waals surface area contributed by atoms with E-state index in [1.807, 2.05) is 0 Å². The molecule has 2 aliphatic rings. The standard InChI is InChI=1S/C15H24N4O2/c1-21-14-6-7-16-15(17-14)19-9-3-4-12(19)10-18-8-2-5-13(18)11-20/h6-7,12-13,20H,2-5,8-11H2,1H3. The van der Waals surface area contributed by atoms with E-state index in [4.69, 9.17) is 4.74 Å². The summed E-state index contributed by atoms with van der Waals surface area (Å²) < 4.78 is 5.20. The first-order chi connectivity index (χ1) is 10.3. The second kappa shape index (κ2) is 6.58. The number of aromatic nitrogens is 2. The van der Waals surface area contributed by atoms with Crippen molar-refractivity contribution in [3.63, 3.8) is 0 Å². The van der Waals surface area contributed by atoms with Crippen LogP contribution in [0.25, 0.3) is 0 Å². The van der Waals surface area contributed by atoms with Crippen LogP contribution in [0.5, 0.6) is 5.88 Å². The van der Waals surface area contributed by atoms with E-state index >= 15 is 0 Å². The van der Waals surface area contributed by atoms with Crippen LogP contribution in [-0.4, -0.2) is 65.4 Å². The molecular weight excluding hydrogens is 268 g/mol. The molecule has 1 N–H and O–H groups in total. The van der Waals surface area contributed by atoms with E-state index in [1.54, 1.807) is 19.4 Å². The van der Waals surface area contributed by atoms with Crippen LogP contribution in [0.1, 0.15) is 25.7 Å². The average molecular weight is 292 g/mol. The molecule has 0 spiro atoms. The van der Waals surface area contributed by atoms with Crippen molar-refractivity contribution in [2.45, 2.75) is 37.8 Å². The molecule has 2 unspecified atom stereocenters. The van der Waals surface area contributed by atoms with Gasteiger partial charge < -0.3 is 14.7 Å². The molecule has 3 rings (SSSR count). The van der Waals surface area contributed by atoms with Crippen molar-refractivity contribution in [3.05, 3.63) is 12.3 Å². The quantitative estimate of drug-likeness (QED) is 0.870. The normalized spacial score (nSPS) is 26.5. The number of hydrogen-bond acceptors (Lipinski definition) is 6. The minimum Gasteiger partial charge on any atom is -0.481 e. The number of aliphatic hydroxyl groups is 1. The van der Waals surface area contributed by atoms with Crippen LogP contribution in [0.2, 0.25) is 0 Å². The van der Waals surface area contributed by atoms with Gasteiger partial charge in [-0.25, -0.2) is 4.98 Å². The highest BCUT2D eigenvalue weighted by molar-refractivity contribution is 5.35. The third-order valence-corrected chi connectivity index (χ3v) is 4.62. The first-order valence-corrected chi connectivity index (χ1v) is 7.80. The van der Waals surface area contributed by atoms with Gasteiger partial charge in [-0.3, -0.25) is 4.90 Å². The minimum atomic E-state index is 0.266. The molecule has 6 heteroatoms. The topological polar surface area (TPSA) is 61.7 Å². The van der Waals surface area contributed by atoms with Gasteiger partial charge in [-0.1, -0.05) is 0 Å². The van der Waals surface area contributed by atoms with Gasteiger partial charge in [0.2, 0.25) is 11.8 Å². The SMILES string of the molecule is COc1ccnc(N2CCCC2CN2CCCC2CO)n1. The number of hydrogen-bond donors (Lipinski definition) is 1. The van der Waals surface area contributed by atoms with E-state index in [2.05, 4.69) is 19.8 Å². The first kappa shape index (κ1) is 14.5. The highest BCUT2D eigenvalue weighted by atomic mass is 16.5. The van der Waals surface area contributed by atoms with E-state index in [0.29, 0.717) is 18.0 Å². The van der Waals surface area contributed by atoms with Crippen LogP contribution in [0.3, 0.4) is 0 Å². The summed E-state index contributed by atoms with van der Waals surface area (Å²) in [6.07, 6.45) is 6.38. The number of likely N-dealkylation sites (tertiary alicyclic amines) is 1. The summed E-state index contributed by atoms with van der Waals surface area (Å²) in [5.41, 5.74) is 0. The number of methoxy groups -OCH3 is 1. The predicted octanol–water partition coefficient (Wildman–Crippen LogP) is 0.911. The molecule has 0 aliphatic carbocycles. The maximum absolute atomic E-state index is 9.47. The van der Waals surface area contributed by atoms with Gasteiger partial charge in [0, 0.05) is 37.4 Å². The maximum Gasteiger partial charge on any atom is 0.228 e. The molecule has 2 atom stereocenters. The lowest BCUT2D eigenvalue weighted by Gasteiger charge is -2.31. The zero-order chi connectivity index (χ0) is 14.7. The third-order valence-electron chi connectivity index (χ3n) is 4.62. The van der Waals surface area contributed by atoms with Crippen LogP contribution < -0.4 is 9.64 Å². The minimum absolute atomic E-state index is 0.266. The summed E-state index contributed by atoms with van der Waals surface area (Å²) in [4.78, 5) is 13.6. The molecule has 2 aliphatic heterocycles. The highest BCUT2D eigenvalue weighted by Gasteiger charge is 2.32. The van der Waals surface area contributed by atoms with Gasteiger partial charge in [-0.05, 0) is 32.2 Å². The van der Waals surface area contributed by atoms with Crippen molar-refractivity contribution in [3.8, 4) is 5.88 Å². The van der Waals surface area contributed by atoms with E-state index < -0.39 is 0 Å². The Morgan fingerprint density at radius 3 is 2.90 bits per heavy atom. The van der Waals surface area contributed by atoms with E-state index in [9.17, 15) is 5.11 Å². The molecule has 0 radical (unpaired) electrons. The van der Waals surface area contributed by atoms with Crippen molar-refractivity contribution in [2.75, 3.05) is 38.3 Å². The monoisotopic (exact) mass is 292 g/mol. The van der Waals surface area contributed by atoms with Crippen molar-refractivity contribution >= 4 is 5.95 Å².